The molecule has 0 bridgehead atoms. The van der Waals surface area contributed by atoms with E-state index in [1.54, 1.807) is 0 Å². The molecule has 1 fully saturated rings. The second-order valence-corrected chi connectivity index (χ2v) is 5.40. The summed E-state index contributed by atoms with van der Waals surface area (Å²) in [5, 5.41) is 3.52. The van der Waals surface area contributed by atoms with Crippen LogP contribution in [0.25, 0.3) is 0 Å². The second-order valence-electron chi connectivity index (χ2n) is 5.40. The van der Waals surface area contributed by atoms with Crippen molar-refractivity contribution in [2.24, 2.45) is 0 Å². The molecule has 18 heavy (non-hydrogen) atoms. The molecule has 0 amide bonds. The predicted molar refractivity (Wildman–Crippen MR) is 73.7 cm³/mol. The fourth-order valence-corrected chi connectivity index (χ4v) is 2.34. The largest absolute Gasteiger partial charge is 0.465 e. The summed E-state index contributed by atoms with van der Waals surface area (Å²) in [6.07, 6.45) is 0. The number of furan rings is 1. The Morgan fingerprint density at radius 2 is 2.00 bits per heavy atom. The number of rotatable bonds is 5. The minimum absolute atomic E-state index is 0.499. The van der Waals surface area contributed by atoms with Crippen LogP contribution in [0, 0.1) is 6.92 Å². The van der Waals surface area contributed by atoms with E-state index in [4.69, 9.17) is 4.42 Å². The SMILES string of the molecule is Cc1ccc(CNC(C)CN2CCN(C)CC2)o1. The molecule has 1 aromatic rings. The number of hydrogen-bond donors (Lipinski definition) is 1. The first kappa shape index (κ1) is 13.6. The Balaban J connectivity index is 1.67. The molecule has 0 aromatic carbocycles. The van der Waals surface area contributed by atoms with Gasteiger partial charge in [-0.05, 0) is 33.0 Å². The van der Waals surface area contributed by atoms with Gasteiger partial charge in [0.2, 0.25) is 0 Å². The van der Waals surface area contributed by atoms with Crippen molar-refractivity contribution in [2.45, 2.75) is 26.4 Å². The van der Waals surface area contributed by atoms with E-state index in [2.05, 4.69) is 29.1 Å². The van der Waals surface area contributed by atoms with Crippen LogP contribution in [0.3, 0.4) is 0 Å². The highest BCUT2D eigenvalue weighted by atomic mass is 16.3. The molecule has 2 rings (SSSR count). The van der Waals surface area contributed by atoms with Crippen molar-refractivity contribution in [1.29, 1.82) is 0 Å². The molecule has 0 spiro atoms. The molecule has 1 aliphatic rings. The third-order valence-corrected chi connectivity index (χ3v) is 3.55. The summed E-state index contributed by atoms with van der Waals surface area (Å²) < 4.78 is 5.56. The van der Waals surface area contributed by atoms with Gasteiger partial charge in [0.15, 0.2) is 0 Å². The van der Waals surface area contributed by atoms with E-state index < -0.39 is 0 Å². The average molecular weight is 251 g/mol. The van der Waals surface area contributed by atoms with Gasteiger partial charge in [-0.3, -0.25) is 4.90 Å². The van der Waals surface area contributed by atoms with Crippen LogP contribution < -0.4 is 5.32 Å². The van der Waals surface area contributed by atoms with Crippen molar-refractivity contribution in [1.82, 2.24) is 15.1 Å². The molecule has 1 unspecified atom stereocenters. The molecule has 1 N–H and O–H groups in total. The lowest BCUT2D eigenvalue weighted by Crippen LogP contribution is -2.48. The van der Waals surface area contributed by atoms with Gasteiger partial charge < -0.3 is 14.6 Å². The summed E-state index contributed by atoms with van der Waals surface area (Å²) >= 11 is 0. The molecule has 0 radical (unpaired) electrons. The van der Waals surface area contributed by atoms with Crippen LogP contribution in [0.2, 0.25) is 0 Å². The standard InChI is InChI=1S/C14H25N3O/c1-12(11-17-8-6-16(3)7-9-17)15-10-14-5-4-13(2)18-14/h4-5,12,15H,6-11H2,1-3H3. The number of nitrogens with one attached hydrogen (secondary N) is 1. The van der Waals surface area contributed by atoms with Crippen LogP contribution in [-0.4, -0.2) is 55.6 Å². The Bertz CT molecular complexity index is 356. The van der Waals surface area contributed by atoms with Gasteiger partial charge in [-0.25, -0.2) is 0 Å². The van der Waals surface area contributed by atoms with Gasteiger partial charge in [0.05, 0.1) is 6.54 Å². The van der Waals surface area contributed by atoms with Crippen molar-refractivity contribution < 1.29 is 4.42 Å². The van der Waals surface area contributed by atoms with Gasteiger partial charge in [-0.15, -0.1) is 0 Å². The molecule has 1 atom stereocenters. The number of likely N-dealkylation sites (N-methyl/N-ethyl adjacent to an activating group) is 1. The molecule has 1 aliphatic heterocycles. The summed E-state index contributed by atoms with van der Waals surface area (Å²) in [5.74, 6) is 2.01. The first-order chi connectivity index (χ1) is 8.63. The van der Waals surface area contributed by atoms with E-state index in [-0.39, 0.29) is 0 Å². The summed E-state index contributed by atoms with van der Waals surface area (Å²) in [5.41, 5.74) is 0. The van der Waals surface area contributed by atoms with Crippen LogP contribution in [0.15, 0.2) is 16.5 Å². The van der Waals surface area contributed by atoms with Crippen LogP contribution >= 0.6 is 0 Å². The topological polar surface area (TPSA) is 31.6 Å². The summed E-state index contributed by atoms with van der Waals surface area (Å²) in [4.78, 5) is 4.92. The maximum Gasteiger partial charge on any atom is 0.117 e. The molecule has 4 heteroatoms. The monoisotopic (exact) mass is 251 g/mol. The number of piperazine rings is 1. The summed E-state index contributed by atoms with van der Waals surface area (Å²) in [6.45, 7) is 10.9. The fraction of sp³-hybridized carbons (Fsp3) is 0.714. The van der Waals surface area contributed by atoms with Crippen molar-refractivity contribution in [3.05, 3.63) is 23.7 Å². The zero-order chi connectivity index (χ0) is 13.0. The van der Waals surface area contributed by atoms with Gasteiger partial charge in [0.1, 0.15) is 11.5 Å². The molecule has 2 heterocycles. The Hall–Kier alpha value is -0.840. The predicted octanol–water partition coefficient (Wildman–Crippen LogP) is 1.31. The highest BCUT2D eigenvalue weighted by molar-refractivity contribution is 5.05. The maximum atomic E-state index is 5.56. The first-order valence-electron chi connectivity index (χ1n) is 6.83. The molecular formula is C14H25N3O. The normalized spacial score (nSPS) is 20.2. The van der Waals surface area contributed by atoms with Crippen molar-refractivity contribution >= 4 is 0 Å². The van der Waals surface area contributed by atoms with Crippen LogP contribution in [0.5, 0.6) is 0 Å². The summed E-state index contributed by atoms with van der Waals surface area (Å²) in [7, 11) is 2.19. The average Bonchev–Trinajstić information content (AvgIpc) is 2.76. The Morgan fingerprint density at radius 3 is 2.61 bits per heavy atom. The minimum atomic E-state index is 0.499. The smallest absolute Gasteiger partial charge is 0.117 e. The van der Waals surface area contributed by atoms with E-state index >= 15 is 0 Å². The maximum absolute atomic E-state index is 5.56. The second kappa shape index (κ2) is 6.36. The molecule has 0 aliphatic carbocycles. The summed E-state index contributed by atoms with van der Waals surface area (Å²) in [6, 6.07) is 4.56. The van der Waals surface area contributed by atoms with Crippen LogP contribution in [-0.2, 0) is 6.54 Å². The quantitative estimate of drug-likeness (QED) is 0.855. The van der Waals surface area contributed by atoms with Crippen molar-refractivity contribution in [2.75, 3.05) is 39.8 Å². The lowest BCUT2D eigenvalue weighted by molar-refractivity contribution is 0.143. The minimum Gasteiger partial charge on any atom is -0.465 e. The molecule has 1 saturated heterocycles. The third kappa shape index (κ3) is 4.12. The van der Waals surface area contributed by atoms with E-state index in [0.29, 0.717) is 6.04 Å². The molecular weight excluding hydrogens is 226 g/mol. The first-order valence-corrected chi connectivity index (χ1v) is 6.83. The lowest BCUT2D eigenvalue weighted by Gasteiger charge is -2.34. The third-order valence-electron chi connectivity index (χ3n) is 3.55. The van der Waals surface area contributed by atoms with Crippen molar-refractivity contribution in [3.63, 3.8) is 0 Å². The van der Waals surface area contributed by atoms with Gasteiger partial charge in [-0.1, -0.05) is 0 Å². The lowest BCUT2D eigenvalue weighted by atomic mass is 10.2. The highest BCUT2D eigenvalue weighted by Gasteiger charge is 2.15. The van der Waals surface area contributed by atoms with E-state index in [1.165, 1.54) is 26.2 Å². The molecule has 4 nitrogen and oxygen atoms in total. The zero-order valence-electron chi connectivity index (χ0n) is 11.8. The van der Waals surface area contributed by atoms with Crippen LogP contribution in [0.4, 0.5) is 0 Å². The molecule has 1 aromatic heterocycles. The van der Waals surface area contributed by atoms with E-state index in [1.807, 2.05) is 19.1 Å². The highest BCUT2D eigenvalue weighted by Crippen LogP contribution is 2.06. The van der Waals surface area contributed by atoms with Gasteiger partial charge in [0, 0.05) is 38.8 Å². The van der Waals surface area contributed by atoms with E-state index in [9.17, 15) is 0 Å². The Labute approximate surface area is 110 Å². The number of nitrogens with zero attached hydrogens (tertiary/aromatic N) is 2. The van der Waals surface area contributed by atoms with Crippen LogP contribution in [0.1, 0.15) is 18.4 Å². The molecule has 0 saturated carbocycles. The Kier molecular flexibility index (Phi) is 4.80. The number of aryl methyl sites for hydroxylation is 1. The Morgan fingerprint density at radius 1 is 1.28 bits per heavy atom. The van der Waals surface area contributed by atoms with E-state index in [0.717, 1.165) is 24.6 Å². The zero-order valence-corrected chi connectivity index (χ0v) is 11.8. The number of hydrogen-bond acceptors (Lipinski definition) is 4. The van der Waals surface area contributed by atoms with Gasteiger partial charge in [-0.2, -0.15) is 0 Å². The van der Waals surface area contributed by atoms with Crippen molar-refractivity contribution in [3.8, 4) is 0 Å². The van der Waals surface area contributed by atoms with Gasteiger partial charge >= 0.3 is 0 Å². The molecule has 102 valence electrons. The van der Waals surface area contributed by atoms with Gasteiger partial charge in [0.25, 0.3) is 0 Å². The fourth-order valence-electron chi connectivity index (χ4n) is 2.34.